The summed E-state index contributed by atoms with van der Waals surface area (Å²) < 4.78 is 29.9. The Morgan fingerprint density at radius 2 is 1.75 bits per heavy atom. The minimum absolute atomic E-state index is 0.201. The van der Waals surface area contributed by atoms with Crippen molar-refractivity contribution >= 4 is 33.2 Å². The molecule has 0 spiro atoms. The van der Waals surface area contributed by atoms with Crippen molar-refractivity contribution < 1.29 is 17.9 Å². The SMILES string of the molecule is C[C@H](Oc1ccc(N(C)S(C)(=O)=O)cc1)C(=O)NCCCc1ccc(Cl)cc1. The molecule has 0 bridgehead atoms. The minimum Gasteiger partial charge on any atom is -0.481 e. The standard InChI is InChI=1S/C20H25ClN2O4S/c1-15(20(24)22-14-4-5-16-6-8-17(21)9-7-16)27-19-12-10-18(11-13-19)23(2)28(3,25)26/h6-13,15H,4-5,14H2,1-3H3,(H,22,24)/t15-/m0/s1. The van der Waals surface area contributed by atoms with E-state index in [2.05, 4.69) is 5.32 Å². The van der Waals surface area contributed by atoms with Gasteiger partial charge in [-0.15, -0.1) is 0 Å². The highest BCUT2D eigenvalue weighted by atomic mass is 35.5. The summed E-state index contributed by atoms with van der Waals surface area (Å²) >= 11 is 5.86. The summed E-state index contributed by atoms with van der Waals surface area (Å²) in [4.78, 5) is 12.2. The van der Waals surface area contributed by atoms with Crippen LogP contribution in [0.15, 0.2) is 48.5 Å². The van der Waals surface area contributed by atoms with Gasteiger partial charge in [-0.2, -0.15) is 0 Å². The van der Waals surface area contributed by atoms with Crippen molar-refractivity contribution in [1.82, 2.24) is 5.32 Å². The minimum atomic E-state index is -3.32. The lowest BCUT2D eigenvalue weighted by Gasteiger charge is -2.18. The van der Waals surface area contributed by atoms with Gasteiger partial charge in [-0.3, -0.25) is 9.10 Å². The van der Waals surface area contributed by atoms with Gasteiger partial charge >= 0.3 is 0 Å². The van der Waals surface area contributed by atoms with E-state index in [1.807, 2.05) is 24.3 Å². The fraction of sp³-hybridized carbons (Fsp3) is 0.350. The maximum absolute atomic E-state index is 12.2. The molecule has 0 aliphatic heterocycles. The summed E-state index contributed by atoms with van der Waals surface area (Å²) in [5, 5.41) is 3.56. The van der Waals surface area contributed by atoms with E-state index in [0.29, 0.717) is 23.0 Å². The lowest BCUT2D eigenvalue weighted by Crippen LogP contribution is -2.36. The number of rotatable bonds is 9. The number of benzene rings is 2. The summed E-state index contributed by atoms with van der Waals surface area (Å²) in [5.41, 5.74) is 1.69. The van der Waals surface area contributed by atoms with E-state index in [1.165, 1.54) is 16.9 Å². The highest BCUT2D eigenvalue weighted by Crippen LogP contribution is 2.21. The van der Waals surface area contributed by atoms with Crippen molar-refractivity contribution in [2.75, 3.05) is 24.2 Å². The summed E-state index contributed by atoms with van der Waals surface area (Å²) in [6.45, 7) is 2.22. The van der Waals surface area contributed by atoms with E-state index < -0.39 is 16.1 Å². The van der Waals surface area contributed by atoms with Gasteiger partial charge in [0.05, 0.1) is 11.9 Å². The van der Waals surface area contributed by atoms with Gasteiger partial charge in [0.15, 0.2) is 6.10 Å². The predicted molar refractivity (Wildman–Crippen MR) is 113 cm³/mol. The fourth-order valence-corrected chi connectivity index (χ4v) is 3.11. The molecule has 0 saturated heterocycles. The average molecular weight is 425 g/mol. The highest BCUT2D eigenvalue weighted by Gasteiger charge is 2.15. The molecule has 2 rings (SSSR count). The van der Waals surface area contributed by atoms with Crippen LogP contribution in [0.3, 0.4) is 0 Å². The van der Waals surface area contributed by atoms with Crippen LogP contribution < -0.4 is 14.4 Å². The zero-order valence-electron chi connectivity index (χ0n) is 16.2. The maximum atomic E-state index is 12.2. The summed E-state index contributed by atoms with van der Waals surface area (Å²) in [6, 6.07) is 14.2. The molecule has 1 amide bonds. The summed E-state index contributed by atoms with van der Waals surface area (Å²) in [7, 11) is -1.84. The number of carbonyl (C=O) groups excluding carboxylic acids is 1. The number of anilines is 1. The van der Waals surface area contributed by atoms with E-state index in [4.69, 9.17) is 16.3 Å². The first-order valence-electron chi connectivity index (χ1n) is 8.89. The lowest BCUT2D eigenvalue weighted by atomic mass is 10.1. The Kier molecular flexibility index (Phi) is 7.71. The number of amides is 1. The van der Waals surface area contributed by atoms with Crippen LogP contribution in [-0.4, -0.2) is 40.3 Å². The van der Waals surface area contributed by atoms with E-state index in [1.54, 1.807) is 31.2 Å². The van der Waals surface area contributed by atoms with Crippen LogP contribution in [0, 0.1) is 0 Å². The molecule has 0 aliphatic rings. The third kappa shape index (κ3) is 6.73. The quantitative estimate of drug-likeness (QED) is 0.627. The second-order valence-electron chi connectivity index (χ2n) is 6.51. The molecule has 0 aromatic heterocycles. The van der Waals surface area contributed by atoms with Crippen molar-refractivity contribution in [3.05, 3.63) is 59.1 Å². The Balaban J connectivity index is 1.77. The van der Waals surface area contributed by atoms with Crippen LogP contribution in [0.2, 0.25) is 5.02 Å². The number of ether oxygens (including phenoxy) is 1. The third-order valence-electron chi connectivity index (χ3n) is 4.23. The number of hydrogen-bond donors (Lipinski definition) is 1. The Hall–Kier alpha value is -2.25. The van der Waals surface area contributed by atoms with Crippen LogP contribution >= 0.6 is 11.6 Å². The van der Waals surface area contributed by atoms with Crippen molar-refractivity contribution in [3.63, 3.8) is 0 Å². The summed E-state index contributed by atoms with van der Waals surface area (Å²) in [5.74, 6) is 0.294. The van der Waals surface area contributed by atoms with E-state index in [0.717, 1.165) is 19.1 Å². The molecule has 2 aromatic rings. The smallest absolute Gasteiger partial charge is 0.260 e. The Bertz CT molecular complexity index is 883. The topological polar surface area (TPSA) is 75.7 Å². The second-order valence-corrected chi connectivity index (χ2v) is 8.96. The monoisotopic (exact) mass is 424 g/mol. The number of nitrogens with one attached hydrogen (secondary N) is 1. The number of carbonyl (C=O) groups is 1. The van der Waals surface area contributed by atoms with Crippen LogP contribution in [-0.2, 0) is 21.2 Å². The molecule has 0 aliphatic carbocycles. The molecule has 0 fully saturated rings. The second kappa shape index (κ2) is 9.80. The Morgan fingerprint density at radius 3 is 2.32 bits per heavy atom. The van der Waals surface area contributed by atoms with Crippen LogP contribution in [0.1, 0.15) is 18.9 Å². The molecule has 0 saturated carbocycles. The molecule has 0 radical (unpaired) electrons. The van der Waals surface area contributed by atoms with Gasteiger partial charge in [0.1, 0.15) is 5.75 Å². The molecule has 1 N–H and O–H groups in total. The molecular formula is C20H25ClN2O4S. The number of hydrogen-bond acceptors (Lipinski definition) is 4. The van der Waals surface area contributed by atoms with Gasteiger partial charge in [-0.1, -0.05) is 23.7 Å². The normalized spacial score (nSPS) is 12.3. The number of aryl methyl sites for hydroxylation is 1. The molecule has 1 atom stereocenters. The number of nitrogens with zero attached hydrogens (tertiary/aromatic N) is 1. The van der Waals surface area contributed by atoms with Gasteiger partial charge < -0.3 is 10.1 Å². The fourth-order valence-electron chi connectivity index (χ4n) is 2.48. The first-order valence-corrected chi connectivity index (χ1v) is 11.1. The largest absolute Gasteiger partial charge is 0.481 e. The van der Waals surface area contributed by atoms with E-state index in [9.17, 15) is 13.2 Å². The molecule has 6 nitrogen and oxygen atoms in total. The zero-order valence-corrected chi connectivity index (χ0v) is 17.8. The first-order chi connectivity index (χ1) is 13.2. The van der Waals surface area contributed by atoms with E-state index in [-0.39, 0.29) is 5.91 Å². The van der Waals surface area contributed by atoms with Gasteiger partial charge in [0, 0.05) is 18.6 Å². The average Bonchev–Trinajstić information content (AvgIpc) is 2.65. The molecule has 0 unspecified atom stereocenters. The van der Waals surface area contributed by atoms with Crippen LogP contribution in [0.25, 0.3) is 0 Å². The maximum Gasteiger partial charge on any atom is 0.260 e. The predicted octanol–water partition coefficient (Wildman–Crippen LogP) is 3.25. The number of sulfonamides is 1. The van der Waals surface area contributed by atoms with Gasteiger partial charge in [-0.25, -0.2) is 8.42 Å². The molecule has 28 heavy (non-hydrogen) atoms. The van der Waals surface area contributed by atoms with Gasteiger partial charge in [-0.05, 0) is 61.7 Å². The van der Waals surface area contributed by atoms with Crippen molar-refractivity contribution in [1.29, 1.82) is 0 Å². The molecule has 2 aromatic carbocycles. The molecular weight excluding hydrogens is 400 g/mol. The van der Waals surface area contributed by atoms with E-state index >= 15 is 0 Å². The van der Waals surface area contributed by atoms with Crippen LogP contribution in [0.5, 0.6) is 5.75 Å². The molecule has 152 valence electrons. The highest BCUT2D eigenvalue weighted by molar-refractivity contribution is 7.92. The Labute approximate surface area is 171 Å². The molecule has 0 heterocycles. The number of halogens is 1. The Morgan fingerprint density at radius 1 is 1.14 bits per heavy atom. The van der Waals surface area contributed by atoms with Gasteiger partial charge in [0.2, 0.25) is 10.0 Å². The molecule has 8 heteroatoms. The summed E-state index contributed by atoms with van der Waals surface area (Å²) in [6.07, 6.45) is 2.14. The van der Waals surface area contributed by atoms with Crippen molar-refractivity contribution in [3.8, 4) is 5.75 Å². The first kappa shape index (κ1) is 22.0. The van der Waals surface area contributed by atoms with Crippen molar-refractivity contribution in [2.45, 2.75) is 25.9 Å². The van der Waals surface area contributed by atoms with Crippen molar-refractivity contribution in [2.24, 2.45) is 0 Å². The van der Waals surface area contributed by atoms with Crippen LogP contribution in [0.4, 0.5) is 5.69 Å². The zero-order chi connectivity index (χ0) is 20.7. The third-order valence-corrected chi connectivity index (χ3v) is 5.69. The van der Waals surface area contributed by atoms with Gasteiger partial charge in [0.25, 0.3) is 5.91 Å². The lowest BCUT2D eigenvalue weighted by molar-refractivity contribution is -0.127.